The zero-order valence-corrected chi connectivity index (χ0v) is 7.02. The monoisotopic (exact) mass is 145 g/mol. The lowest BCUT2D eigenvalue weighted by Gasteiger charge is -2.20. The van der Waals surface area contributed by atoms with Gasteiger partial charge >= 0.3 is 0 Å². The first-order valence-electron chi connectivity index (χ1n) is 3.38. The minimum absolute atomic E-state index is 0.0718. The quantitative estimate of drug-likeness (QED) is 0.629. The van der Waals surface area contributed by atoms with E-state index in [2.05, 4.69) is 5.32 Å². The number of likely N-dealkylation sites (N-methyl/N-ethyl adjacent to an activating group) is 1. The molecule has 0 aliphatic carbocycles. The summed E-state index contributed by atoms with van der Waals surface area (Å²) in [5.74, 6) is -0.0718. The van der Waals surface area contributed by atoms with Crippen molar-refractivity contribution < 1.29 is 9.53 Å². The van der Waals surface area contributed by atoms with Gasteiger partial charge in [-0.2, -0.15) is 0 Å². The minimum Gasteiger partial charge on any atom is -0.369 e. The van der Waals surface area contributed by atoms with Crippen molar-refractivity contribution >= 4 is 5.91 Å². The molecular weight excluding hydrogens is 130 g/mol. The fourth-order valence-corrected chi connectivity index (χ4v) is 0.466. The molecule has 0 heterocycles. The van der Waals surface area contributed by atoms with Crippen LogP contribution in [0.15, 0.2) is 0 Å². The zero-order valence-electron chi connectivity index (χ0n) is 7.02. The zero-order chi connectivity index (χ0) is 8.20. The maximum Gasteiger partial charge on any atom is 0.251 e. The van der Waals surface area contributed by atoms with Crippen molar-refractivity contribution in [3.63, 3.8) is 0 Å². The van der Waals surface area contributed by atoms with Gasteiger partial charge in [0.25, 0.3) is 5.91 Å². The molecule has 0 aliphatic rings. The van der Waals surface area contributed by atoms with Crippen LogP contribution in [0.2, 0.25) is 0 Å². The predicted molar refractivity (Wildman–Crippen MR) is 39.8 cm³/mol. The van der Waals surface area contributed by atoms with Crippen LogP contribution in [0.5, 0.6) is 0 Å². The molecule has 0 saturated heterocycles. The van der Waals surface area contributed by atoms with Gasteiger partial charge in [0.05, 0.1) is 0 Å². The summed E-state index contributed by atoms with van der Waals surface area (Å²) in [4.78, 5) is 11.1. The van der Waals surface area contributed by atoms with Gasteiger partial charge < -0.3 is 10.1 Å². The average molecular weight is 145 g/mol. The molecule has 3 nitrogen and oxygen atoms in total. The summed E-state index contributed by atoms with van der Waals surface area (Å²) >= 11 is 0. The molecule has 0 bridgehead atoms. The second-order valence-corrected chi connectivity index (χ2v) is 2.57. The van der Waals surface area contributed by atoms with Crippen molar-refractivity contribution in [2.45, 2.75) is 26.4 Å². The first-order chi connectivity index (χ1) is 4.54. The van der Waals surface area contributed by atoms with Crippen molar-refractivity contribution in [2.75, 3.05) is 13.7 Å². The van der Waals surface area contributed by atoms with E-state index < -0.39 is 5.60 Å². The number of carbonyl (C=O) groups is 1. The Hall–Kier alpha value is -0.570. The van der Waals surface area contributed by atoms with Crippen LogP contribution in [0.4, 0.5) is 0 Å². The van der Waals surface area contributed by atoms with Crippen molar-refractivity contribution in [3.05, 3.63) is 0 Å². The highest BCUT2D eigenvalue weighted by Crippen LogP contribution is 2.05. The summed E-state index contributed by atoms with van der Waals surface area (Å²) in [5.41, 5.74) is -0.698. The highest BCUT2D eigenvalue weighted by molar-refractivity contribution is 5.84. The third-order valence-electron chi connectivity index (χ3n) is 1.39. The van der Waals surface area contributed by atoms with Crippen LogP contribution in [-0.4, -0.2) is 25.2 Å². The Bertz CT molecular complexity index is 121. The van der Waals surface area contributed by atoms with Gasteiger partial charge in [0.2, 0.25) is 0 Å². The smallest absolute Gasteiger partial charge is 0.251 e. The fourth-order valence-electron chi connectivity index (χ4n) is 0.466. The van der Waals surface area contributed by atoms with Gasteiger partial charge in [-0.1, -0.05) is 0 Å². The summed E-state index contributed by atoms with van der Waals surface area (Å²) in [6.45, 7) is 5.99. The number of nitrogens with one attached hydrogen (secondary N) is 1. The Morgan fingerprint density at radius 1 is 1.60 bits per heavy atom. The van der Waals surface area contributed by atoms with E-state index in [1.54, 1.807) is 13.8 Å². The molecule has 0 spiro atoms. The predicted octanol–water partition coefficient (Wildman–Crippen LogP) is 0.547. The normalized spacial score (nSPS) is 11.2. The minimum atomic E-state index is -0.698. The van der Waals surface area contributed by atoms with E-state index in [9.17, 15) is 4.79 Å². The Labute approximate surface area is 61.8 Å². The van der Waals surface area contributed by atoms with Crippen molar-refractivity contribution in [1.82, 2.24) is 5.32 Å². The molecule has 0 fully saturated rings. The first-order valence-corrected chi connectivity index (χ1v) is 3.38. The highest BCUT2D eigenvalue weighted by atomic mass is 16.5. The van der Waals surface area contributed by atoms with E-state index in [4.69, 9.17) is 4.74 Å². The van der Waals surface area contributed by atoms with E-state index in [0.29, 0.717) is 6.54 Å². The Kier molecular flexibility index (Phi) is 3.36. The van der Waals surface area contributed by atoms with Gasteiger partial charge in [-0.15, -0.1) is 0 Å². The maximum absolute atomic E-state index is 11.1. The number of hydrogen-bond donors (Lipinski definition) is 1. The van der Waals surface area contributed by atoms with E-state index in [1.165, 1.54) is 7.11 Å². The van der Waals surface area contributed by atoms with Crippen LogP contribution in [0.3, 0.4) is 0 Å². The lowest BCUT2D eigenvalue weighted by Crippen LogP contribution is -2.43. The Morgan fingerprint density at radius 2 is 2.10 bits per heavy atom. The van der Waals surface area contributed by atoms with Crippen molar-refractivity contribution in [3.8, 4) is 0 Å². The van der Waals surface area contributed by atoms with Gasteiger partial charge in [0, 0.05) is 13.7 Å². The summed E-state index contributed by atoms with van der Waals surface area (Å²) in [6, 6.07) is 0. The molecule has 60 valence electrons. The van der Waals surface area contributed by atoms with Crippen LogP contribution < -0.4 is 5.32 Å². The first kappa shape index (κ1) is 9.43. The molecule has 0 aromatic carbocycles. The van der Waals surface area contributed by atoms with E-state index >= 15 is 0 Å². The fraction of sp³-hybridized carbons (Fsp3) is 0.857. The summed E-state index contributed by atoms with van der Waals surface area (Å²) in [6.07, 6.45) is 0. The van der Waals surface area contributed by atoms with Crippen molar-refractivity contribution in [1.29, 1.82) is 0 Å². The molecule has 0 saturated carbocycles. The molecular formula is C7H15NO2. The van der Waals surface area contributed by atoms with Crippen molar-refractivity contribution in [2.24, 2.45) is 0 Å². The number of ether oxygens (including phenoxy) is 1. The summed E-state index contributed by atoms with van der Waals surface area (Å²) in [7, 11) is 1.52. The van der Waals surface area contributed by atoms with Gasteiger partial charge in [-0.3, -0.25) is 4.79 Å². The number of hydrogen-bond acceptors (Lipinski definition) is 2. The second kappa shape index (κ2) is 3.56. The van der Waals surface area contributed by atoms with Gasteiger partial charge in [-0.05, 0) is 20.8 Å². The number of methoxy groups -OCH3 is 1. The summed E-state index contributed by atoms with van der Waals surface area (Å²) in [5, 5.41) is 2.67. The van der Waals surface area contributed by atoms with Crippen LogP contribution in [0, 0.1) is 0 Å². The third kappa shape index (κ3) is 2.35. The molecule has 0 aromatic rings. The SMILES string of the molecule is CCNC(=O)C(C)(C)OC. The van der Waals surface area contributed by atoms with Crippen LogP contribution in [0.25, 0.3) is 0 Å². The standard InChI is InChI=1S/C7H15NO2/c1-5-8-6(9)7(2,3)10-4/h5H2,1-4H3,(H,8,9). The number of amides is 1. The molecule has 0 radical (unpaired) electrons. The highest BCUT2D eigenvalue weighted by Gasteiger charge is 2.25. The molecule has 3 heteroatoms. The number of carbonyl (C=O) groups excluding carboxylic acids is 1. The van der Waals surface area contributed by atoms with E-state index in [1.807, 2.05) is 6.92 Å². The Balaban J connectivity index is 3.91. The van der Waals surface area contributed by atoms with Gasteiger partial charge in [-0.25, -0.2) is 0 Å². The van der Waals surface area contributed by atoms with Gasteiger partial charge in [0.1, 0.15) is 5.60 Å². The molecule has 0 rings (SSSR count). The Morgan fingerprint density at radius 3 is 2.40 bits per heavy atom. The van der Waals surface area contributed by atoms with E-state index in [0.717, 1.165) is 0 Å². The van der Waals surface area contributed by atoms with E-state index in [-0.39, 0.29) is 5.91 Å². The average Bonchev–Trinajstić information content (AvgIpc) is 1.89. The molecule has 1 N–H and O–H groups in total. The lowest BCUT2D eigenvalue weighted by molar-refractivity contribution is -0.139. The van der Waals surface area contributed by atoms with Gasteiger partial charge in [0.15, 0.2) is 0 Å². The molecule has 0 aromatic heterocycles. The maximum atomic E-state index is 11.1. The molecule has 0 unspecified atom stereocenters. The molecule has 10 heavy (non-hydrogen) atoms. The largest absolute Gasteiger partial charge is 0.369 e. The molecule has 0 atom stereocenters. The summed E-state index contributed by atoms with van der Waals surface area (Å²) < 4.78 is 4.94. The topological polar surface area (TPSA) is 38.3 Å². The van der Waals surface area contributed by atoms with Crippen LogP contribution in [0.1, 0.15) is 20.8 Å². The second-order valence-electron chi connectivity index (χ2n) is 2.57. The van der Waals surface area contributed by atoms with Crippen LogP contribution in [-0.2, 0) is 9.53 Å². The molecule has 0 aliphatic heterocycles. The third-order valence-corrected chi connectivity index (χ3v) is 1.39. The van der Waals surface area contributed by atoms with Crippen LogP contribution >= 0.6 is 0 Å². The molecule has 1 amide bonds. The lowest BCUT2D eigenvalue weighted by atomic mass is 10.1. The number of rotatable bonds is 3.